The number of nitrogens with one attached hydrogen (secondary N) is 1. The normalized spacial score (nSPS) is 11.5. The van der Waals surface area contributed by atoms with E-state index in [4.69, 9.17) is 9.47 Å². The second kappa shape index (κ2) is 15.8. The van der Waals surface area contributed by atoms with Crippen LogP contribution in [0.15, 0.2) is 48.5 Å². The molecule has 0 spiro atoms. The van der Waals surface area contributed by atoms with Gasteiger partial charge in [0, 0.05) is 47.6 Å². The van der Waals surface area contributed by atoms with Gasteiger partial charge < -0.3 is 29.5 Å². The van der Waals surface area contributed by atoms with Crippen LogP contribution in [-0.4, -0.2) is 96.4 Å². The van der Waals surface area contributed by atoms with E-state index in [0.29, 0.717) is 13.2 Å². The summed E-state index contributed by atoms with van der Waals surface area (Å²) in [7, 11) is 12.6. The van der Waals surface area contributed by atoms with Gasteiger partial charge in [-0.1, -0.05) is 23.3 Å². The topological polar surface area (TPSA) is 40.2 Å². The first kappa shape index (κ1) is 32.5. The van der Waals surface area contributed by atoms with E-state index in [1.165, 1.54) is 22.3 Å². The average Bonchev–Trinajstić information content (AvgIpc) is 2.90. The molecule has 3 aromatic rings. The zero-order chi connectivity index (χ0) is 29.9. The molecule has 0 saturated carbocycles. The van der Waals surface area contributed by atoms with E-state index in [0.717, 1.165) is 72.9 Å². The van der Waals surface area contributed by atoms with Gasteiger partial charge in [0.2, 0.25) is 0 Å². The Morgan fingerprint density at radius 3 is 1.78 bits per heavy atom. The minimum absolute atomic E-state index is 0.625. The van der Waals surface area contributed by atoms with Gasteiger partial charge in [-0.3, -0.25) is 0 Å². The van der Waals surface area contributed by atoms with Crippen molar-refractivity contribution in [1.82, 2.24) is 14.7 Å². The number of nitrogens with zero attached hydrogens (tertiary/aromatic N) is 3. The standard InChI is InChI=1S/C35H52N4O2/c1-26-12-14-33(36-16-10-17-37(4)5)29(22-26)31-24-28(3)25-32(35(31)41-20-11-18-38(6)7)30-23-27(2)13-15-34(30)40-21-19-39(8)9/h12-15,22-25,36H,10-11,16-21H2,1-9H3. The van der Waals surface area contributed by atoms with Gasteiger partial charge in [-0.05, 0) is 124 Å². The Hall–Kier alpha value is -3.06. The first-order valence-electron chi connectivity index (χ1n) is 14.9. The summed E-state index contributed by atoms with van der Waals surface area (Å²) < 4.78 is 13.1. The molecule has 0 amide bonds. The molecule has 0 aromatic heterocycles. The number of likely N-dealkylation sites (N-methyl/N-ethyl adjacent to an activating group) is 1. The first-order chi connectivity index (χ1) is 19.5. The minimum atomic E-state index is 0.625. The smallest absolute Gasteiger partial charge is 0.135 e. The highest BCUT2D eigenvalue weighted by Gasteiger charge is 2.20. The minimum Gasteiger partial charge on any atom is -0.492 e. The van der Waals surface area contributed by atoms with Crippen molar-refractivity contribution in [3.05, 3.63) is 65.2 Å². The van der Waals surface area contributed by atoms with Gasteiger partial charge in [0.15, 0.2) is 0 Å². The average molecular weight is 561 g/mol. The second-order valence-electron chi connectivity index (χ2n) is 12.0. The Balaban J connectivity index is 2.14. The molecule has 0 atom stereocenters. The van der Waals surface area contributed by atoms with E-state index >= 15 is 0 Å². The quantitative estimate of drug-likeness (QED) is 0.200. The Morgan fingerprint density at radius 1 is 0.561 bits per heavy atom. The molecule has 41 heavy (non-hydrogen) atoms. The molecule has 3 aromatic carbocycles. The molecule has 0 unspecified atom stereocenters. The summed E-state index contributed by atoms with van der Waals surface area (Å²) in [4.78, 5) is 6.57. The molecular formula is C35H52N4O2. The summed E-state index contributed by atoms with van der Waals surface area (Å²) in [6.07, 6.45) is 2.02. The predicted molar refractivity (Wildman–Crippen MR) is 176 cm³/mol. The van der Waals surface area contributed by atoms with E-state index in [-0.39, 0.29) is 0 Å². The van der Waals surface area contributed by atoms with Crippen molar-refractivity contribution in [3.63, 3.8) is 0 Å². The number of ether oxygens (including phenoxy) is 2. The van der Waals surface area contributed by atoms with E-state index in [2.05, 4.69) is 132 Å². The molecule has 6 heteroatoms. The molecule has 0 fully saturated rings. The molecule has 224 valence electrons. The van der Waals surface area contributed by atoms with Crippen molar-refractivity contribution < 1.29 is 9.47 Å². The molecule has 1 N–H and O–H groups in total. The molecule has 6 nitrogen and oxygen atoms in total. The number of rotatable bonds is 16. The SMILES string of the molecule is Cc1ccc(NCCCN(C)C)c(-c2cc(C)cc(-c3cc(C)ccc3OCCN(C)C)c2OCCCN(C)C)c1. The summed E-state index contributed by atoms with van der Waals surface area (Å²) in [6, 6.07) is 17.6. The van der Waals surface area contributed by atoms with Crippen LogP contribution in [-0.2, 0) is 0 Å². The van der Waals surface area contributed by atoms with Gasteiger partial charge in [0.05, 0.1) is 6.61 Å². The Bertz CT molecular complexity index is 1250. The fourth-order valence-electron chi connectivity index (χ4n) is 4.86. The van der Waals surface area contributed by atoms with Crippen molar-refractivity contribution in [1.29, 1.82) is 0 Å². The number of hydrogen-bond acceptors (Lipinski definition) is 6. The maximum Gasteiger partial charge on any atom is 0.135 e. The van der Waals surface area contributed by atoms with Crippen molar-refractivity contribution >= 4 is 5.69 Å². The molecule has 0 aliphatic heterocycles. The highest BCUT2D eigenvalue weighted by molar-refractivity contribution is 5.90. The lowest BCUT2D eigenvalue weighted by Crippen LogP contribution is -2.19. The number of aryl methyl sites for hydroxylation is 3. The van der Waals surface area contributed by atoms with Crippen LogP contribution < -0.4 is 14.8 Å². The number of hydrogen-bond donors (Lipinski definition) is 1. The maximum absolute atomic E-state index is 6.75. The lowest BCUT2D eigenvalue weighted by Gasteiger charge is -2.22. The Labute approximate surface area is 249 Å². The van der Waals surface area contributed by atoms with Gasteiger partial charge in [-0.25, -0.2) is 0 Å². The predicted octanol–water partition coefficient (Wildman–Crippen LogP) is 6.58. The molecule has 0 bridgehead atoms. The lowest BCUT2D eigenvalue weighted by atomic mass is 9.92. The van der Waals surface area contributed by atoms with Crippen LogP contribution in [0.3, 0.4) is 0 Å². The monoisotopic (exact) mass is 560 g/mol. The molecule has 0 aliphatic rings. The van der Waals surface area contributed by atoms with Crippen LogP contribution in [0, 0.1) is 20.8 Å². The second-order valence-corrected chi connectivity index (χ2v) is 12.0. The van der Waals surface area contributed by atoms with Crippen molar-refractivity contribution in [3.8, 4) is 33.8 Å². The Kier molecular flexibility index (Phi) is 12.5. The molecule has 0 radical (unpaired) electrons. The van der Waals surface area contributed by atoms with Crippen LogP contribution in [0.1, 0.15) is 29.5 Å². The van der Waals surface area contributed by atoms with Gasteiger partial charge in [-0.15, -0.1) is 0 Å². The van der Waals surface area contributed by atoms with Crippen LogP contribution in [0.4, 0.5) is 5.69 Å². The van der Waals surface area contributed by atoms with Crippen molar-refractivity contribution in [2.24, 2.45) is 0 Å². The zero-order valence-electron chi connectivity index (χ0n) is 26.9. The summed E-state index contributed by atoms with van der Waals surface area (Å²) in [5, 5.41) is 3.72. The van der Waals surface area contributed by atoms with Gasteiger partial charge in [0.1, 0.15) is 18.1 Å². The summed E-state index contributed by atoms with van der Waals surface area (Å²) in [5.41, 5.74) is 9.18. The number of benzene rings is 3. The third-order valence-corrected chi connectivity index (χ3v) is 7.01. The van der Waals surface area contributed by atoms with Crippen LogP contribution in [0.5, 0.6) is 11.5 Å². The molecule has 0 heterocycles. The molecule has 3 rings (SSSR count). The van der Waals surface area contributed by atoms with Crippen LogP contribution in [0.2, 0.25) is 0 Å². The highest BCUT2D eigenvalue weighted by atomic mass is 16.5. The fourth-order valence-corrected chi connectivity index (χ4v) is 4.86. The first-order valence-corrected chi connectivity index (χ1v) is 14.9. The zero-order valence-corrected chi connectivity index (χ0v) is 26.9. The summed E-state index contributed by atoms with van der Waals surface area (Å²) in [5.74, 6) is 1.80. The molecular weight excluding hydrogens is 508 g/mol. The third kappa shape index (κ3) is 10.1. The van der Waals surface area contributed by atoms with E-state index < -0.39 is 0 Å². The van der Waals surface area contributed by atoms with Gasteiger partial charge >= 0.3 is 0 Å². The summed E-state index contributed by atoms with van der Waals surface area (Å²) in [6.45, 7) is 11.5. The fraction of sp³-hybridized carbons (Fsp3) is 0.486. The highest BCUT2D eigenvalue weighted by Crippen LogP contribution is 2.45. The molecule has 0 saturated heterocycles. The number of anilines is 1. The van der Waals surface area contributed by atoms with Crippen LogP contribution >= 0.6 is 0 Å². The van der Waals surface area contributed by atoms with E-state index in [9.17, 15) is 0 Å². The van der Waals surface area contributed by atoms with E-state index in [1.807, 2.05) is 0 Å². The maximum atomic E-state index is 6.75. The summed E-state index contributed by atoms with van der Waals surface area (Å²) >= 11 is 0. The van der Waals surface area contributed by atoms with Gasteiger partial charge in [0.25, 0.3) is 0 Å². The van der Waals surface area contributed by atoms with Crippen LogP contribution in [0.25, 0.3) is 22.3 Å². The lowest BCUT2D eigenvalue weighted by molar-refractivity contribution is 0.262. The third-order valence-electron chi connectivity index (χ3n) is 7.01. The van der Waals surface area contributed by atoms with Crippen molar-refractivity contribution in [2.75, 3.05) is 87.0 Å². The molecule has 0 aliphatic carbocycles. The van der Waals surface area contributed by atoms with E-state index in [1.54, 1.807) is 0 Å². The Morgan fingerprint density at radius 2 is 1.12 bits per heavy atom. The largest absolute Gasteiger partial charge is 0.492 e. The van der Waals surface area contributed by atoms with Gasteiger partial charge in [-0.2, -0.15) is 0 Å². The van der Waals surface area contributed by atoms with Crippen molar-refractivity contribution in [2.45, 2.75) is 33.6 Å².